The molecule has 1 aromatic heterocycles. The van der Waals surface area contributed by atoms with E-state index in [2.05, 4.69) is 9.88 Å². The van der Waals surface area contributed by atoms with E-state index in [-0.39, 0.29) is 17.9 Å². The van der Waals surface area contributed by atoms with Gasteiger partial charge in [-0.05, 0) is 19.3 Å². The van der Waals surface area contributed by atoms with Crippen LogP contribution in [0.3, 0.4) is 0 Å². The minimum Gasteiger partial charge on any atom is -0.381 e. The highest BCUT2D eigenvalue weighted by atomic mass is 32.1. The molecule has 3 heterocycles. The lowest BCUT2D eigenvalue weighted by Crippen LogP contribution is -2.44. The van der Waals surface area contributed by atoms with Gasteiger partial charge in [-0.15, -0.1) is 11.3 Å². The van der Waals surface area contributed by atoms with Crippen LogP contribution in [0.1, 0.15) is 24.3 Å². The van der Waals surface area contributed by atoms with Gasteiger partial charge in [0.05, 0.1) is 19.1 Å². The normalized spacial score (nSPS) is 28.9. The Balaban J connectivity index is 1.56. The summed E-state index contributed by atoms with van der Waals surface area (Å²) in [5.41, 5.74) is 0. The number of carbonyl (C=O) groups is 1. The molecule has 3 atom stereocenters. The van der Waals surface area contributed by atoms with E-state index in [0.717, 1.165) is 24.5 Å². The minimum absolute atomic E-state index is 0.0382. The lowest BCUT2D eigenvalue weighted by Gasteiger charge is -2.31. The summed E-state index contributed by atoms with van der Waals surface area (Å²) in [7, 11) is 1.82. The summed E-state index contributed by atoms with van der Waals surface area (Å²) < 4.78 is 19.3. The number of thiazole rings is 1. The van der Waals surface area contributed by atoms with Gasteiger partial charge < -0.3 is 9.64 Å². The smallest absolute Gasteiger partial charge is 0.227 e. The van der Waals surface area contributed by atoms with Gasteiger partial charge in [-0.3, -0.25) is 9.69 Å². The lowest BCUT2D eigenvalue weighted by atomic mass is 10.0. The van der Waals surface area contributed by atoms with Gasteiger partial charge in [-0.25, -0.2) is 9.37 Å². The predicted octanol–water partition coefficient (Wildman–Crippen LogP) is 1.94. The van der Waals surface area contributed by atoms with E-state index in [0.29, 0.717) is 32.7 Å². The largest absolute Gasteiger partial charge is 0.381 e. The first-order valence-electron chi connectivity index (χ1n) is 8.22. The van der Waals surface area contributed by atoms with Crippen molar-refractivity contribution in [3.63, 3.8) is 0 Å². The maximum absolute atomic E-state index is 13.9. The van der Waals surface area contributed by atoms with E-state index in [4.69, 9.17) is 4.74 Å². The zero-order valence-corrected chi connectivity index (χ0v) is 14.3. The Kier molecular flexibility index (Phi) is 5.61. The molecule has 2 aliphatic heterocycles. The average Bonchev–Trinajstić information content (AvgIpc) is 3.18. The second-order valence-electron chi connectivity index (χ2n) is 6.47. The number of aromatic nitrogens is 1. The Hall–Kier alpha value is -1.05. The van der Waals surface area contributed by atoms with Crippen LogP contribution in [0.5, 0.6) is 0 Å². The summed E-state index contributed by atoms with van der Waals surface area (Å²) in [6, 6.07) is 0.0624. The summed E-state index contributed by atoms with van der Waals surface area (Å²) in [6.45, 7) is 2.93. The molecule has 2 aliphatic rings. The average molecular weight is 341 g/mol. The monoisotopic (exact) mass is 341 g/mol. The number of likely N-dealkylation sites (N-methyl/N-ethyl adjacent to an activating group) is 1. The van der Waals surface area contributed by atoms with Gasteiger partial charge in [0, 0.05) is 44.4 Å². The van der Waals surface area contributed by atoms with E-state index in [1.165, 1.54) is 0 Å². The summed E-state index contributed by atoms with van der Waals surface area (Å²) in [5.74, 6) is 0.0879. The molecule has 1 aromatic rings. The highest BCUT2D eigenvalue weighted by Gasteiger charge is 2.35. The molecule has 0 N–H and O–H groups in total. The van der Waals surface area contributed by atoms with Crippen molar-refractivity contribution in [3.05, 3.63) is 16.6 Å². The number of rotatable bonds is 5. The Morgan fingerprint density at radius 2 is 2.48 bits per heavy atom. The highest BCUT2D eigenvalue weighted by molar-refractivity contribution is 7.09. The number of amides is 1. The van der Waals surface area contributed by atoms with Crippen LogP contribution in [-0.2, 0) is 16.1 Å². The fraction of sp³-hybridized carbons (Fsp3) is 0.750. The van der Waals surface area contributed by atoms with Crippen molar-refractivity contribution in [3.8, 4) is 0 Å². The number of carbonyl (C=O) groups excluding carboxylic acids is 1. The third-order valence-corrected chi connectivity index (χ3v) is 5.43. The summed E-state index contributed by atoms with van der Waals surface area (Å²) in [4.78, 5) is 20.7. The molecule has 0 spiro atoms. The molecule has 0 aliphatic carbocycles. The van der Waals surface area contributed by atoms with Gasteiger partial charge >= 0.3 is 0 Å². The fourth-order valence-electron chi connectivity index (χ4n) is 3.46. The first kappa shape index (κ1) is 16.8. The van der Waals surface area contributed by atoms with Crippen LogP contribution in [-0.4, -0.2) is 66.3 Å². The molecule has 0 radical (unpaired) electrons. The molecular weight excluding hydrogens is 317 g/mol. The van der Waals surface area contributed by atoms with Gasteiger partial charge in [-0.1, -0.05) is 0 Å². The Bertz CT molecular complexity index is 507. The molecular formula is C16H24FN3O2S. The second kappa shape index (κ2) is 7.68. The number of hydrogen-bond acceptors (Lipinski definition) is 5. The number of halogens is 1. The second-order valence-corrected chi connectivity index (χ2v) is 7.45. The third-order valence-electron chi connectivity index (χ3n) is 4.67. The van der Waals surface area contributed by atoms with Crippen molar-refractivity contribution in [2.45, 2.75) is 38.0 Å². The van der Waals surface area contributed by atoms with E-state index in [9.17, 15) is 9.18 Å². The topological polar surface area (TPSA) is 45.7 Å². The fourth-order valence-corrected chi connectivity index (χ4v) is 4.10. The number of likely N-dealkylation sites (tertiary alicyclic amines) is 1. The van der Waals surface area contributed by atoms with Gasteiger partial charge in [0.25, 0.3) is 0 Å². The predicted molar refractivity (Wildman–Crippen MR) is 87.0 cm³/mol. The highest BCUT2D eigenvalue weighted by Crippen LogP contribution is 2.25. The zero-order valence-electron chi connectivity index (χ0n) is 13.5. The molecule has 128 valence electrons. The number of nitrogens with zero attached hydrogens (tertiary/aromatic N) is 3. The molecule has 5 nitrogen and oxygen atoms in total. The number of ether oxygens (including phenoxy) is 1. The first-order valence-corrected chi connectivity index (χ1v) is 9.10. The number of alkyl halides is 1. The standard InChI is InChI=1S/C16H24FN3O2S/c1-19(16(21)12-3-2-5-22-11-12)9-14-7-13(17)8-20(14)10-15-18-4-6-23-15/h4,6,12-14H,2-3,5,7-11H2,1H3/t12-,13-,14-/m0/s1. The van der Waals surface area contributed by atoms with Crippen molar-refractivity contribution in [1.29, 1.82) is 0 Å². The van der Waals surface area contributed by atoms with Crippen molar-refractivity contribution in [1.82, 2.24) is 14.8 Å². The van der Waals surface area contributed by atoms with Crippen LogP contribution >= 0.6 is 11.3 Å². The van der Waals surface area contributed by atoms with E-state index in [1.54, 1.807) is 22.4 Å². The summed E-state index contributed by atoms with van der Waals surface area (Å²) >= 11 is 1.59. The molecule has 2 fully saturated rings. The van der Waals surface area contributed by atoms with Gasteiger partial charge in [0.1, 0.15) is 11.2 Å². The number of hydrogen-bond donors (Lipinski definition) is 0. The van der Waals surface area contributed by atoms with Crippen molar-refractivity contribution >= 4 is 17.2 Å². The van der Waals surface area contributed by atoms with E-state index < -0.39 is 6.17 Å². The quantitative estimate of drug-likeness (QED) is 0.821. The molecule has 0 saturated carbocycles. The van der Waals surface area contributed by atoms with Crippen LogP contribution in [0.2, 0.25) is 0 Å². The lowest BCUT2D eigenvalue weighted by molar-refractivity contribution is -0.139. The SMILES string of the molecule is CN(C[C@@H]1C[C@H](F)CN1Cc1nccs1)C(=O)[C@H]1CCCOC1. The molecule has 3 rings (SSSR count). The molecule has 7 heteroatoms. The van der Waals surface area contributed by atoms with Crippen molar-refractivity contribution in [2.24, 2.45) is 5.92 Å². The van der Waals surface area contributed by atoms with Gasteiger partial charge in [0.2, 0.25) is 5.91 Å². The molecule has 2 saturated heterocycles. The zero-order chi connectivity index (χ0) is 16.2. The van der Waals surface area contributed by atoms with Crippen molar-refractivity contribution in [2.75, 3.05) is 33.4 Å². The van der Waals surface area contributed by atoms with E-state index >= 15 is 0 Å². The van der Waals surface area contributed by atoms with Crippen molar-refractivity contribution < 1.29 is 13.9 Å². The molecule has 0 bridgehead atoms. The van der Waals surface area contributed by atoms with Gasteiger partial charge in [-0.2, -0.15) is 0 Å². The van der Waals surface area contributed by atoms with Crippen LogP contribution in [0, 0.1) is 5.92 Å². The maximum Gasteiger partial charge on any atom is 0.227 e. The van der Waals surface area contributed by atoms with Crippen LogP contribution in [0.4, 0.5) is 4.39 Å². The van der Waals surface area contributed by atoms with E-state index in [1.807, 2.05) is 12.4 Å². The first-order chi connectivity index (χ1) is 11.1. The van der Waals surface area contributed by atoms with Crippen LogP contribution in [0.15, 0.2) is 11.6 Å². The van der Waals surface area contributed by atoms with Gasteiger partial charge in [0.15, 0.2) is 0 Å². The Morgan fingerprint density at radius 1 is 1.61 bits per heavy atom. The minimum atomic E-state index is -0.818. The molecule has 23 heavy (non-hydrogen) atoms. The summed E-state index contributed by atoms with van der Waals surface area (Å²) in [6.07, 6.45) is 3.28. The Labute approximate surface area is 140 Å². The molecule has 1 amide bonds. The molecule has 0 aromatic carbocycles. The summed E-state index contributed by atoms with van der Waals surface area (Å²) in [5, 5.41) is 2.94. The van der Waals surface area contributed by atoms with Crippen LogP contribution in [0.25, 0.3) is 0 Å². The van der Waals surface area contributed by atoms with Crippen LogP contribution < -0.4 is 0 Å². The molecule has 0 unspecified atom stereocenters. The third kappa shape index (κ3) is 4.28. The Morgan fingerprint density at radius 3 is 3.17 bits per heavy atom. The maximum atomic E-state index is 13.9.